The van der Waals surface area contributed by atoms with Crippen LogP contribution in [0.1, 0.15) is 20.8 Å². The average Bonchev–Trinajstić information content (AvgIpc) is 2.66. The van der Waals surface area contributed by atoms with Crippen molar-refractivity contribution in [2.45, 2.75) is 41.7 Å². The van der Waals surface area contributed by atoms with Gasteiger partial charge >= 0.3 is 5.97 Å². The summed E-state index contributed by atoms with van der Waals surface area (Å²) < 4.78 is 37.7. The van der Waals surface area contributed by atoms with E-state index in [1.807, 2.05) is 13.8 Å². The van der Waals surface area contributed by atoms with Gasteiger partial charge in [0.15, 0.2) is 0 Å². The van der Waals surface area contributed by atoms with Crippen LogP contribution in [-0.4, -0.2) is 60.3 Å². The molecule has 1 aromatic carbocycles. The maximum atomic E-state index is 13.4. The van der Waals surface area contributed by atoms with Crippen molar-refractivity contribution < 1.29 is 22.7 Å². The number of nitrogens with zero attached hydrogens (tertiary/aromatic N) is 1. The minimum atomic E-state index is -3.91. The van der Waals surface area contributed by atoms with Crippen LogP contribution in [0.2, 0.25) is 0 Å². The predicted octanol–water partition coefficient (Wildman–Crippen LogP) is 2.91. The molecule has 1 aromatic rings. The molecule has 0 aliphatic carbocycles. The van der Waals surface area contributed by atoms with E-state index in [4.69, 9.17) is 9.47 Å². The highest BCUT2D eigenvalue weighted by Gasteiger charge is 2.51. The first-order chi connectivity index (χ1) is 13.2. The van der Waals surface area contributed by atoms with Gasteiger partial charge in [-0.3, -0.25) is 4.79 Å². The number of ether oxygens (including phenoxy) is 2. The van der Waals surface area contributed by atoms with E-state index in [1.54, 1.807) is 30.8 Å². The van der Waals surface area contributed by atoms with E-state index in [0.29, 0.717) is 11.1 Å². The molecule has 0 saturated carbocycles. The molecule has 1 heterocycles. The number of carbonyl (C=O) groups is 1. The number of sulfonamides is 1. The summed E-state index contributed by atoms with van der Waals surface area (Å²) in [5.74, 6) is 5.47. The lowest BCUT2D eigenvalue weighted by Crippen LogP contribution is -2.61. The maximum absolute atomic E-state index is 13.4. The Bertz CT molecular complexity index is 859. The third kappa shape index (κ3) is 5.03. The number of carbonyl (C=O) groups excluding carboxylic acids is 1. The summed E-state index contributed by atoms with van der Waals surface area (Å²) in [7, 11) is -2.63. The smallest absolute Gasteiger partial charge is 0.325 e. The van der Waals surface area contributed by atoms with Crippen molar-refractivity contribution in [3.8, 4) is 17.6 Å². The number of hydrogen-bond donors (Lipinski definition) is 0. The zero-order valence-corrected chi connectivity index (χ0v) is 19.5. The molecule has 0 spiro atoms. The molecule has 9 heteroatoms. The number of methoxy groups -OCH3 is 1. The number of thioether (sulfide) groups is 1. The average molecular weight is 490 g/mol. The van der Waals surface area contributed by atoms with Crippen LogP contribution in [0.5, 0.6) is 5.75 Å². The monoisotopic (exact) mass is 489 g/mol. The van der Waals surface area contributed by atoms with Gasteiger partial charge in [0.25, 0.3) is 0 Å². The molecule has 154 valence electrons. The fourth-order valence-corrected chi connectivity index (χ4v) is 7.08. The molecular weight excluding hydrogens is 466 g/mol. The molecule has 0 aromatic heterocycles. The summed E-state index contributed by atoms with van der Waals surface area (Å²) in [5.41, 5.74) is 0. The number of rotatable bonds is 6. The summed E-state index contributed by atoms with van der Waals surface area (Å²) in [6, 6.07) is 5.22. The molecule has 1 fully saturated rings. The van der Waals surface area contributed by atoms with Crippen molar-refractivity contribution in [3.05, 3.63) is 24.3 Å². The Labute approximate surface area is 179 Å². The van der Waals surface area contributed by atoms with Gasteiger partial charge in [-0.1, -0.05) is 21.9 Å². The van der Waals surface area contributed by atoms with Crippen LogP contribution in [0.4, 0.5) is 0 Å². The molecule has 1 aliphatic rings. The van der Waals surface area contributed by atoms with E-state index in [0.717, 1.165) is 0 Å². The van der Waals surface area contributed by atoms with Crippen molar-refractivity contribution in [2.75, 3.05) is 25.6 Å². The zero-order valence-electron chi connectivity index (χ0n) is 16.3. The lowest BCUT2D eigenvalue weighted by Gasteiger charge is -2.46. The SMILES string of the molecule is CC#CCOc1ccc(S(=O)(=O)N2CC(CBr)SC(C)(C)[C@@H]2C(=O)OC)cc1. The van der Waals surface area contributed by atoms with Crippen LogP contribution in [-0.2, 0) is 19.6 Å². The number of benzene rings is 1. The molecule has 28 heavy (non-hydrogen) atoms. The largest absolute Gasteiger partial charge is 0.481 e. The Hall–Kier alpha value is -1.21. The number of halogens is 1. The van der Waals surface area contributed by atoms with Crippen molar-refractivity contribution >= 4 is 43.7 Å². The van der Waals surface area contributed by atoms with E-state index in [1.165, 1.54) is 23.5 Å². The molecule has 0 bridgehead atoms. The second kappa shape index (κ2) is 9.53. The molecule has 0 amide bonds. The zero-order chi connectivity index (χ0) is 20.9. The maximum Gasteiger partial charge on any atom is 0.325 e. The first-order valence-corrected chi connectivity index (χ1v) is 12.1. The summed E-state index contributed by atoms with van der Waals surface area (Å²) in [5, 5.41) is 0.632. The van der Waals surface area contributed by atoms with E-state index >= 15 is 0 Å². The number of hydrogen-bond acceptors (Lipinski definition) is 6. The van der Waals surface area contributed by atoms with Crippen molar-refractivity contribution in [1.82, 2.24) is 4.31 Å². The fraction of sp³-hybridized carbons (Fsp3) is 0.526. The lowest BCUT2D eigenvalue weighted by atomic mass is 10.0. The van der Waals surface area contributed by atoms with E-state index in [-0.39, 0.29) is 23.3 Å². The molecule has 1 unspecified atom stereocenters. The van der Waals surface area contributed by atoms with Crippen molar-refractivity contribution in [3.63, 3.8) is 0 Å². The molecule has 0 radical (unpaired) electrons. The topological polar surface area (TPSA) is 72.9 Å². The second-order valence-electron chi connectivity index (χ2n) is 6.68. The van der Waals surface area contributed by atoms with Gasteiger partial charge in [-0.2, -0.15) is 4.31 Å². The van der Waals surface area contributed by atoms with Crippen LogP contribution in [0.25, 0.3) is 0 Å². The first kappa shape index (κ1) is 23.1. The third-order valence-corrected chi connectivity index (χ3v) is 8.85. The van der Waals surface area contributed by atoms with Gasteiger partial charge in [0, 0.05) is 21.9 Å². The Balaban J connectivity index is 2.38. The second-order valence-corrected chi connectivity index (χ2v) is 11.2. The molecule has 2 atom stereocenters. The van der Waals surface area contributed by atoms with Gasteiger partial charge in [0.2, 0.25) is 10.0 Å². The Kier molecular flexibility index (Phi) is 7.85. The van der Waals surface area contributed by atoms with Crippen LogP contribution in [0, 0.1) is 11.8 Å². The Morgan fingerprint density at radius 3 is 2.54 bits per heavy atom. The lowest BCUT2D eigenvalue weighted by molar-refractivity contribution is -0.146. The third-order valence-electron chi connectivity index (χ3n) is 4.32. The fourth-order valence-electron chi connectivity index (χ4n) is 3.05. The van der Waals surface area contributed by atoms with Gasteiger partial charge < -0.3 is 9.47 Å². The Morgan fingerprint density at radius 2 is 2.00 bits per heavy atom. The van der Waals surface area contributed by atoms with E-state index < -0.39 is 26.8 Å². The van der Waals surface area contributed by atoms with Crippen LogP contribution in [0.15, 0.2) is 29.2 Å². The highest BCUT2D eigenvalue weighted by Crippen LogP contribution is 2.42. The van der Waals surface area contributed by atoms with Crippen LogP contribution in [0.3, 0.4) is 0 Å². The predicted molar refractivity (Wildman–Crippen MR) is 114 cm³/mol. The van der Waals surface area contributed by atoms with Gasteiger partial charge in [-0.15, -0.1) is 17.7 Å². The molecule has 6 nitrogen and oxygen atoms in total. The van der Waals surface area contributed by atoms with Crippen LogP contribution < -0.4 is 4.74 Å². The molecular formula is C19H24BrNO5S2. The van der Waals surface area contributed by atoms with Crippen molar-refractivity contribution in [2.24, 2.45) is 0 Å². The van der Waals surface area contributed by atoms with E-state index in [2.05, 4.69) is 27.8 Å². The van der Waals surface area contributed by atoms with Gasteiger partial charge in [-0.25, -0.2) is 8.42 Å². The number of alkyl halides is 1. The summed E-state index contributed by atoms with van der Waals surface area (Å²) in [4.78, 5) is 12.6. The number of esters is 1. The van der Waals surface area contributed by atoms with E-state index in [9.17, 15) is 13.2 Å². The summed E-state index contributed by atoms with van der Waals surface area (Å²) >= 11 is 5.02. The van der Waals surface area contributed by atoms with Crippen molar-refractivity contribution in [1.29, 1.82) is 0 Å². The minimum absolute atomic E-state index is 0.0147. The summed E-state index contributed by atoms with van der Waals surface area (Å²) in [6.07, 6.45) is 0. The van der Waals surface area contributed by atoms with Gasteiger partial charge in [-0.05, 0) is 45.0 Å². The van der Waals surface area contributed by atoms with Gasteiger partial charge in [0.1, 0.15) is 18.4 Å². The quantitative estimate of drug-likeness (QED) is 0.347. The van der Waals surface area contributed by atoms with Crippen LogP contribution >= 0.6 is 27.7 Å². The molecule has 1 saturated heterocycles. The standard InChI is InChI=1S/C19H24BrNO5S2/c1-5-6-11-26-14-7-9-16(10-8-14)28(23,24)21-13-15(12-20)27-19(2,3)17(21)18(22)25-4/h7-10,15,17H,11-13H2,1-4H3/t15?,17-/m0/s1. The summed E-state index contributed by atoms with van der Waals surface area (Å²) in [6.45, 7) is 5.89. The first-order valence-electron chi connectivity index (χ1n) is 8.63. The molecule has 1 aliphatic heterocycles. The molecule has 2 rings (SSSR count). The van der Waals surface area contributed by atoms with Gasteiger partial charge in [0.05, 0.1) is 12.0 Å². The highest BCUT2D eigenvalue weighted by atomic mass is 79.9. The highest BCUT2D eigenvalue weighted by molar-refractivity contribution is 9.09. The molecule has 0 N–H and O–H groups in total. The minimum Gasteiger partial charge on any atom is -0.481 e. The normalized spacial score (nSPS) is 22.0. The Morgan fingerprint density at radius 1 is 1.36 bits per heavy atom.